The van der Waals surface area contributed by atoms with E-state index in [9.17, 15) is 9.59 Å². The molecule has 0 saturated carbocycles. The first-order chi connectivity index (χ1) is 9.66. The predicted molar refractivity (Wildman–Crippen MR) is 75.2 cm³/mol. The van der Waals surface area contributed by atoms with Crippen molar-refractivity contribution in [2.24, 2.45) is 0 Å². The molecule has 0 radical (unpaired) electrons. The summed E-state index contributed by atoms with van der Waals surface area (Å²) in [6.07, 6.45) is 0. The van der Waals surface area contributed by atoms with Crippen molar-refractivity contribution in [2.45, 2.75) is 0 Å². The Morgan fingerprint density at radius 2 is 1.20 bits per heavy atom. The highest BCUT2D eigenvalue weighted by molar-refractivity contribution is 6.44. The number of carbonyl (C=O) groups excluding carboxylic acids is 2. The summed E-state index contributed by atoms with van der Waals surface area (Å²) in [7, 11) is 0. The van der Waals surface area contributed by atoms with Crippen LogP contribution in [-0.4, -0.2) is 11.9 Å². The van der Waals surface area contributed by atoms with Gasteiger partial charge in [0.25, 0.3) is 0 Å². The van der Waals surface area contributed by atoms with Gasteiger partial charge in [-0.05, 0) is 23.3 Å². The van der Waals surface area contributed by atoms with Crippen LogP contribution in [0.1, 0.15) is 11.1 Å². The zero-order chi connectivity index (χ0) is 14.1. The van der Waals surface area contributed by atoms with Crippen LogP contribution in [0.3, 0.4) is 0 Å². The van der Waals surface area contributed by atoms with Crippen molar-refractivity contribution in [1.82, 2.24) is 0 Å². The molecular weight excluding hydrogens is 254 g/mol. The van der Waals surface area contributed by atoms with E-state index < -0.39 is 11.9 Å². The van der Waals surface area contributed by atoms with Crippen LogP contribution in [0.25, 0.3) is 11.1 Å². The molecule has 0 unspecified atom stereocenters. The van der Waals surface area contributed by atoms with Crippen LogP contribution in [0.2, 0.25) is 0 Å². The van der Waals surface area contributed by atoms with E-state index >= 15 is 0 Å². The van der Waals surface area contributed by atoms with Gasteiger partial charge in [0.05, 0.1) is 11.1 Å². The molecule has 0 bridgehead atoms. The van der Waals surface area contributed by atoms with Crippen LogP contribution in [-0.2, 0) is 14.3 Å². The van der Waals surface area contributed by atoms with Gasteiger partial charge in [-0.15, -0.1) is 0 Å². The second-order valence-electron chi connectivity index (χ2n) is 4.42. The smallest absolute Gasteiger partial charge is 0.347 e. The van der Waals surface area contributed by atoms with Gasteiger partial charge in [-0.25, -0.2) is 9.59 Å². The van der Waals surface area contributed by atoms with Crippen molar-refractivity contribution in [3.63, 3.8) is 0 Å². The van der Waals surface area contributed by atoms with Crippen LogP contribution < -0.4 is 5.73 Å². The van der Waals surface area contributed by atoms with Crippen molar-refractivity contribution in [3.05, 3.63) is 65.7 Å². The highest BCUT2D eigenvalue weighted by Crippen LogP contribution is 2.33. The van der Waals surface area contributed by atoms with Crippen molar-refractivity contribution >= 4 is 28.8 Å². The van der Waals surface area contributed by atoms with Crippen molar-refractivity contribution in [3.8, 4) is 0 Å². The fourth-order valence-electron chi connectivity index (χ4n) is 2.17. The normalized spacial score (nSPS) is 14.6. The van der Waals surface area contributed by atoms with E-state index in [1.807, 2.05) is 6.07 Å². The van der Waals surface area contributed by atoms with Crippen molar-refractivity contribution in [2.75, 3.05) is 5.73 Å². The Balaban J connectivity index is 2.21. The lowest BCUT2D eigenvalue weighted by Gasteiger charge is -2.03. The number of carbonyl (C=O) groups is 2. The first kappa shape index (κ1) is 12.2. The summed E-state index contributed by atoms with van der Waals surface area (Å²) in [5.41, 5.74) is 8.08. The molecule has 0 aliphatic carbocycles. The SMILES string of the molecule is Nc1ccc(C2=C(c3ccccc3)C(=O)OC2=O)cc1. The largest absolute Gasteiger partial charge is 0.399 e. The Hall–Kier alpha value is -2.88. The average Bonchev–Trinajstić information content (AvgIpc) is 2.75. The Bertz CT molecular complexity index is 715. The number of anilines is 1. The quantitative estimate of drug-likeness (QED) is 0.513. The number of cyclic esters (lactones) is 2. The average molecular weight is 265 g/mol. The Morgan fingerprint density at radius 1 is 0.700 bits per heavy atom. The summed E-state index contributed by atoms with van der Waals surface area (Å²) < 4.78 is 4.74. The second kappa shape index (κ2) is 4.66. The summed E-state index contributed by atoms with van der Waals surface area (Å²) in [5.74, 6) is -1.24. The Morgan fingerprint density at radius 3 is 1.75 bits per heavy atom. The first-order valence-corrected chi connectivity index (χ1v) is 6.09. The Labute approximate surface area is 115 Å². The molecule has 0 spiro atoms. The van der Waals surface area contributed by atoms with E-state index in [0.717, 1.165) is 0 Å². The topological polar surface area (TPSA) is 69.4 Å². The minimum Gasteiger partial charge on any atom is -0.399 e. The number of benzene rings is 2. The maximum absolute atomic E-state index is 11.9. The molecule has 0 saturated heterocycles. The van der Waals surface area contributed by atoms with Gasteiger partial charge in [0.1, 0.15) is 0 Å². The van der Waals surface area contributed by atoms with E-state index in [-0.39, 0.29) is 5.57 Å². The highest BCUT2D eigenvalue weighted by atomic mass is 16.6. The second-order valence-corrected chi connectivity index (χ2v) is 4.42. The molecule has 1 aliphatic heterocycles. The lowest BCUT2D eigenvalue weighted by atomic mass is 9.96. The minimum atomic E-state index is -0.626. The summed E-state index contributed by atoms with van der Waals surface area (Å²) in [6.45, 7) is 0. The fourth-order valence-corrected chi connectivity index (χ4v) is 2.17. The van der Waals surface area contributed by atoms with E-state index in [1.54, 1.807) is 48.5 Å². The molecule has 0 fully saturated rings. The van der Waals surface area contributed by atoms with Gasteiger partial charge >= 0.3 is 11.9 Å². The minimum absolute atomic E-state index is 0.279. The van der Waals surface area contributed by atoms with Gasteiger partial charge in [-0.1, -0.05) is 42.5 Å². The molecule has 1 heterocycles. The fraction of sp³-hybridized carbons (Fsp3) is 0. The number of esters is 2. The summed E-state index contributed by atoms with van der Waals surface area (Å²) >= 11 is 0. The zero-order valence-corrected chi connectivity index (χ0v) is 10.5. The molecule has 20 heavy (non-hydrogen) atoms. The van der Waals surface area contributed by atoms with Crippen molar-refractivity contribution < 1.29 is 14.3 Å². The highest BCUT2D eigenvalue weighted by Gasteiger charge is 2.34. The molecule has 3 rings (SSSR count). The van der Waals surface area contributed by atoms with Gasteiger partial charge in [0.2, 0.25) is 0 Å². The van der Waals surface area contributed by atoms with Gasteiger partial charge in [0.15, 0.2) is 0 Å². The molecule has 4 heteroatoms. The first-order valence-electron chi connectivity index (χ1n) is 6.09. The number of nitrogens with two attached hydrogens (primary N) is 1. The maximum atomic E-state index is 11.9. The molecular formula is C16H11NO3. The third kappa shape index (κ3) is 1.97. The van der Waals surface area contributed by atoms with Crippen LogP contribution in [0.4, 0.5) is 5.69 Å². The monoisotopic (exact) mass is 265 g/mol. The number of rotatable bonds is 2. The van der Waals surface area contributed by atoms with E-state index in [2.05, 4.69) is 0 Å². The van der Waals surface area contributed by atoms with Gasteiger partial charge in [0, 0.05) is 5.69 Å². The van der Waals surface area contributed by atoms with Crippen molar-refractivity contribution in [1.29, 1.82) is 0 Å². The van der Waals surface area contributed by atoms with E-state index in [0.29, 0.717) is 22.4 Å². The lowest BCUT2D eigenvalue weighted by molar-refractivity contribution is -0.149. The summed E-state index contributed by atoms with van der Waals surface area (Å²) in [6, 6.07) is 15.8. The summed E-state index contributed by atoms with van der Waals surface area (Å²) in [5, 5.41) is 0. The number of hydrogen-bond acceptors (Lipinski definition) is 4. The van der Waals surface area contributed by atoms with Gasteiger partial charge < -0.3 is 10.5 Å². The number of ether oxygens (including phenoxy) is 1. The molecule has 1 aliphatic rings. The molecule has 0 aromatic heterocycles. The van der Waals surface area contributed by atoms with Crippen LogP contribution in [0.5, 0.6) is 0 Å². The maximum Gasteiger partial charge on any atom is 0.347 e. The van der Waals surface area contributed by atoms with E-state index in [4.69, 9.17) is 10.5 Å². The molecule has 4 nitrogen and oxygen atoms in total. The number of nitrogen functional groups attached to an aromatic ring is 1. The molecule has 0 atom stereocenters. The third-order valence-electron chi connectivity index (χ3n) is 3.11. The molecule has 98 valence electrons. The van der Waals surface area contributed by atoms with E-state index in [1.165, 1.54) is 0 Å². The van der Waals surface area contributed by atoms with Gasteiger partial charge in [-0.2, -0.15) is 0 Å². The number of hydrogen-bond donors (Lipinski definition) is 1. The zero-order valence-electron chi connectivity index (χ0n) is 10.5. The predicted octanol–water partition coefficient (Wildman–Crippen LogP) is 2.26. The molecule has 2 N–H and O–H groups in total. The lowest BCUT2D eigenvalue weighted by Crippen LogP contribution is -2.02. The standard InChI is InChI=1S/C16H11NO3/c17-12-8-6-11(7-9-12)14-13(15(18)20-16(14)19)10-4-2-1-3-5-10/h1-9H,17H2. The van der Waals surface area contributed by atoms with Crippen LogP contribution >= 0.6 is 0 Å². The van der Waals surface area contributed by atoms with Gasteiger partial charge in [-0.3, -0.25) is 0 Å². The Kier molecular flexibility index (Phi) is 2.84. The third-order valence-corrected chi connectivity index (χ3v) is 3.11. The molecule has 2 aromatic rings. The summed E-state index contributed by atoms with van der Waals surface area (Å²) in [4.78, 5) is 23.8. The van der Waals surface area contributed by atoms with Crippen LogP contribution in [0, 0.1) is 0 Å². The molecule has 0 amide bonds. The molecule has 2 aromatic carbocycles. The van der Waals surface area contributed by atoms with Crippen LogP contribution in [0.15, 0.2) is 54.6 Å².